The average Bonchev–Trinajstić information content (AvgIpc) is 2.76. The Kier molecular flexibility index (Phi) is 15.9. The van der Waals surface area contributed by atoms with Crippen molar-refractivity contribution in [2.45, 2.75) is 142 Å². The van der Waals surface area contributed by atoms with Gasteiger partial charge in [-0.3, -0.25) is 9.59 Å². The number of unbranched alkanes of at least 4 members (excludes halogenated alkanes) is 10. The topological polar surface area (TPSA) is 81.7 Å². The third-order valence-electron chi connectivity index (χ3n) is 6.63. The van der Waals surface area contributed by atoms with Crippen molar-refractivity contribution in [2.75, 3.05) is 0 Å². The van der Waals surface area contributed by atoms with Gasteiger partial charge in [-0.1, -0.05) is 91.9 Å². The zero-order valence-electron chi connectivity index (χ0n) is 21.6. The second-order valence-electron chi connectivity index (χ2n) is 10.1. The molecule has 0 aromatic heterocycles. The fourth-order valence-electron chi connectivity index (χ4n) is 4.59. The molecular weight excluding hydrogens is 418 g/mol. The van der Waals surface area contributed by atoms with Gasteiger partial charge < -0.3 is 14.8 Å². The van der Waals surface area contributed by atoms with E-state index in [0.29, 0.717) is 19.3 Å². The van der Waals surface area contributed by atoms with Crippen molar-refractivity contribution >= 4 is 18.3 Å². The van der Waals surface area contributed by atoms with Crippen LogP contribution >= 0.6 is 0 Å². The van der Waals surface area contributed by atoms with Gasteiger partial charge in [0.15, 0.2) is 0 Å². The number of hydrogen-bond acceptors (Lipinski definition) is 5. The number of carbonyl (C=O) groups is 3. The fraction of sp³-hybridized carbons (Fsp3) is 0.889. The number of rotatable bonds is 21. The molecule has 0 aromatic rings. The van der Waals surface area contributed by atoms with E-state index in [0.717, 1.165) is 25.7 Å². The van der Waals surface area contributed by atoms with E-state index in [4.69, 9.17) is 9.47 Å². The lowest BCUT2D eigenvalue weighted by atomic mass is 9.88. The smallest absolute Gasteiger partial charge is 0.328 e. The van der Waals surface area contributed by atoms with Gasteiger partial charge in [-0.15, -0.1) is 0 Å². The second kappa shape index (κ2) is 17.8. The van der Waals surface area contributed by atoms with Crippen molar-refractivity contribution in [3.05, 3.63) is 0 Å². The van der Waals surface area contributed by atoms with E-state index in [1.807, 2.05) is 20.8 Å². The minimum atomic E-state index is -0.631. The molecule has 1 rings (SSSR count). The first-order valence-corrected chi connectivity index (χ1v) is 13.5. The van der Waals surface area contributed by atoms with Crippen molar-refractivity contribution < 1.29 is 23.9 Å². The third-order valence-corrected chi connectivity index (χ3v) is 6.63. The Hall–Kier alpha value is -1.59. The zero-order chi connectivity index (χ0) is 24.5. The summed E-state index contributed by atoms with van der Waals surface area (Å²) in [6.45, 7) is 8.25. The first kappa shape index (κ1) is 29.4. The normalized spacial score (nSPS) is 19.5. The number of nitrogens with one attached hydrogen (secondary N) is 1. The summed E-state index contributed by atoms with van der Waals surface area (Å²) in [6, 6.07) is -0.631. The summed E-state index contributed by atoms with van der Waals surface area (Å²) in [6.07, 6.45) is 16.6. The van der Waals surface area contributed by atoms with Crippen LogP contribution in [0.1, 0.15) is 124 Å². The fourth-order valence-corrected chi connectivity index (χ4v) is 4.59. The Bertz CT molecular complexity index is 551. The maximum atomic E-state index is 12.7. The average molecular weight is 468 g/mol. The second-order valence-corrected chi connectivity index (χ2v) is 10.1. The van der Waals surface area contributed by atoms with Crippen LogP contribution in [-0.4, -0.2) is 36.6 Å². The van der Waals surface area contributed by atoms with E-state index < -0.39 is 6.04 Å². The van der Waals surface area contributed by atoms with E-state index >= 15 is 0 Å². The van der Waals surface area contributed by atoms with Crippen LogP contribution in [0.3, 0.4) is 0 Å². The van der Waals surface area contributed by atoms with Gasteiger partial charge in [-0.25, -0.2) is 4.79 Å². The molecule has 1 aliphatic heterocycles. The number of cyclic esters (lactones) is 1. The SMILES string of the molecule is CCCCCCCCCCCCCC(C[C@@H]1OC(=O)[C@H]1CC)OC(=O)C(CC(C)C)NC=O. The molecule has 0 saturated carbocycles. The Morgan fingerprint density at radius 2 is 1.58 bits per heavy atom. The minimum absolute atomic E-state index is 0.0944. The van der Waals surface area contributed by atoms with E-state index in [9.17, 15) is 14.4 Å². The summed E-state index contributed by atoms with van der Waals surface area (Å²) in [4.78, 5) is 35.3. The van der Waals surface area contributed by atoms with Crippen LogP contribution in [0.4, 0.5) is 0 Å². The molecule has 6 nitrogen and oxygen atoms in total. The highest BCUT2D eigenvalue weighted by Gasteiger charge is 2.42. The summed E-state index contributed by atoms with van der Waals surface area (Å²) >= 11 is 0. The first-order valence-electron chi connectivity index (χ1n) is 13.5. The number of hydrogen-bond donors (Lipinski definition) is 1. The summed E-state index contributed by atoms with van der Waals surface area (Å²) in [5, 5.41) is 2.60. The van der Waals surface area contributed by atoms with E-state index in [2.05, 4.69) is 12.2 Å². The molecule has 0 spiro atoms. The van der Waals surface area contributed by atoms with Crippen LogP contribution in [0.5, 0.6) is 0 Å². The third kappa shape index (κ3) is 12.4. The Labute approximate surface area is 201 Å². The van der Waals surface area contributed by atoms with Crippen LogP contribution in [-0.2, 0) is 23.9 Å². The zero-order valence-corrected chi connectivity index (χ0v) is 21.6. The molecule has 0 radical (unpaired) electrons. The van der Waals surface area contributed by atoms with Crippen LogP contribution in [0, 0.1) is 11.8 Å². The minimum Gasteiger partial charge on any atom is -0.461 e. The number of esters is 2. The Balaban J connectivity index is 2.42. The van der Waals surface area contributed by atoms with E-state index in [1.165, 1.54) is 57.8 Å². The highest BCUT2D eigenvalue weighted by molar-refractivity contribution is 5.79. The van der Waals surface area contributed by atoms with Crippen molar-refractivity contribution in [3.8, 4) is 0 Å². The highest BCUT2D eigenvalue weighted by Crippen LogP contribution is 2.31. The van der Waals surface area contributed by atoms with Crippen LogP contribution in [0.2, 0.25) is 0 Å². The van der Waals surface area contributed by atoms with Crippen LogP contribution in [0.25, 0.3) is 0 Å². The predicted octanol–water partition coefficient (Wildman–Crippen LogP) is 6.10. The molecule has 33 heavy (non-hydrogen) atoms. The van der Waals surface area contributed by atoms with Crippen molar-refractivity contribution in [1.29, 1.82) is 0 Å². The molecule has 1 heterocycles. The lowest BCUT2D eigenvalue weighted by molar-refractivity contribution is -0.190. The van der Waals surface area contributed by atoms with Crippen molar-refractivity contribution in [2.24, 2.45) is 11.8 Å². The monoisotopic (exact) mass is 467 g/mol. The van der Waals surface area contributed by atoms with Gasteiger partial charge in [-0.05, 0) is 31.6 Å². The van der Waals surface area contributed by atoms with Gasteiger partial charge in [0.25, 0.3) is 0 Å². The maximum absolute atomic E-state index is 12.7. The van der Waals surface area contributed by atoms with Crippen molar-refractivity contribution in [1.82, 2.24) is 5.32 Å². The molecule has 1 aliphatic rings. The summed E-state index contributed by atoms with van der Waals surface area (Å²) in [5.41, 5.74) is 0. The molecule has 1 amide bonds. The van der Waals surface area contributed by atoms with Crippen LogP contribution in [0.15, 0.2) is 0 Å². The molecule has 6 heteroatoms. The van der Waals surface area contributed by atoms with E-state index in [-0.39, 0.29) is 36.0 Å². The lowest BCUT2D eigenvalue weighted by Gasteiger charge is -2.36. The van der Waals surface area contributed by atoms with Crippen molar-refractivity contribution in [3.63, 3.8) is 0 Å². The van der Waals surface area contributed by atoms with Gasteiger partial charge in [0.1, 0.15) is 18.2 Å². The molecule has 0 aromatic carbocycles. The lowest BCUT2D eigenvalue weighted by Crippen LogP contribution is -2.47. The van der Waals surface area contributed by atoms with Crippen LogP contribution < -0.4 is 5.32 Å². The number of amides is 1. The first-order chi connectivity index (χ1) is 15.9. The molecular formula is C27H49NO5. The summed E-state index contributed by atoms with van der Waals surface area (Å²) in [5.74, 6) is -0.370. The van der Waals surface area contributed by atoms with Gasteiger partial charge in [0.05, 0.1) is 5.92 Å². The number of carbonyl (C=O) groups excluding carboxylic acids is 3. The highest BCUT2D eigenvalue weighted by atomic mass is 16.6. The molecule has 192 valence electrons. The van der Waals surface area contributed by atoms with Gasteiger partial charge in [-0.2, -0.15) is 0 Å². The predicted molar refractivity (Wildman–Crippen MR) is 132 cm³/mol. The van der Waals surface area contributed by atoms with E-state index in [1.54, 1.807) is 0 Å². The van der Waals surface area contributed by atoms with Gasteiger partial charge in [0, 0.05) is 6.42 Å². The molecule has 0 bridgehead atoms. The summed E-state index contributed by atoms with van der Waals surface area (Å²) < 4.78 is 11.2. The Morgan fingerprint density at radius 3 is 2.06 bits per heavy atom. The maximum Gasteiger partial charge on any atom is 0.328 e. The molecule has 1 N–H and O–H groups in total. The standard InChI is InChI=1S/C27H49NO5/c1-5-7-8-9-10-11-12-13-14-15-16-17-22(19-25-23(6-2)26(30)33-25)32-27(31)24(28-20-29)18-21(3)4/h20-25H,5-19H2,1-4H3,(H,28,29)/t22?,23-,24?,25-/m0/s1. The molecule has 0 aliphatic carbocycles. The van der Waals surface area contributed by atoms with Gasteiger partial charge >= 0.3 is 11.9 Å². The number of ether oxygens (including phenoxy) is 2. The largest absolute Gasteiger partial charge is 0.461 e. The Morgan fingerprint density at radius 1 is 1.00 bits per heavy atom. The molecule has 4 atom stereocenters. The van der Waals surface area contributed by atoms with Gasteiger partial charge in [0.2, 0.25) is 6.41 Å². The molecule has 2 unspecified atom stereocenters. The molecule has 1 saturated heterocycles. The quantitative estimate of drug-likeness (QED) is 0.125. The summed E-state index contributed by atoms with van der Waals surface area (Å²) in [7, 11) is 0. The molecule has 1 fully saturated rings.